The summed E-state index contributed by atoms with van der Waals surface area (Å²) < 4.78 is 0. The van der Waals surface area contributed by atoms with Crippen molar-refractivity contribution in [2.75, 3.05) is 6.61 Å². The van der Waals surface area contributed by atoms with E-state index < -0.39 is 0 Å². The summed E-state index contributed by atoms with van der Waals surface area (Å²) in [6, 6.07) is 0. The second kappa shape index (κ2) is 6.81. The van der Waals surface area contributed by atoms with E-state index >= 15 is 0 Å². The number of aliphatic hydroxyl groups excluding tert-OH is 1. The molecule has 0 radical (unpaired) electrons. The van der Waals surface area contributed by atoms with Crippen LogP contribution in [0.2, 0.25) is 0 Å². The second-order valence-corrected chi connectivity index (χ2v) is 2.79. The van der Waals surface area contributed by atoms with Crippen LogP contribution >= 0.6 is 0 Å². The minimum absolute atomic E-state index is 0.329. The molecule has 0 aliphatic rings. The highest BCUT2D eigenvalue weighted by atomic mass is 16.3. The van der Waals surface area contributed by atoms with Crippen LogP contribution in [-0.2, 0) is 0 Å². The molecule has 0 aliphatic carbocycles. The van der Waals surface area contributed by atoms with E-state index in [0.717, 1.165) is 12.8 Å². The summed E-state index contributed by atoms with van der Waals surface area (Å²) in [5.41, 5.74) is 0. The standard InChI is InChI=1S/C9H18O/c1-3-4-5-6-7-9(2)8-10/h3-4,9-10H,5-8H2,1-2H3. The summed E-state index contributed by atoms with van der Waals surface area (Å²) in [6.07, 6.45) is 7.74. The molecule has 0 bridgehead atoms. The Hall–Kier alpha value is -0.300. The van der Waals surface area contributed by atoms with E-state index in [9.17, 15) is 0 Å². The number of allylic oxidation sites excluding steroid dienone is 2. The Morgan fingerprint density at radius 2 is 2.20 bits per heavy atom. The lowest BCUT2D eigenvalue weighted by Gasteiger charge is -2.04. The predicted molar refractivity (Wildman–Crippen MR) is 44.9 cm³/mol. The molecule has 10 heavy (non-hydrogen) atoms. The van der Waals surface area contributed by atoms with Crippen LogP contribution in [0, 0.1) is 5.92 Å². The van der Waals surface area contributed by atoms with Gasteiger partial charge in [-0.15, -0.1) is 0 Å². The monoisotopic (exact) mass is 142 g/mol. The van der Waals surface area contributed by atoms with E-state index in [0.29, 0.717) is 12.5 Å². The SMILES string of the molecule is CC=CCCCC(C)CO. The van der Waals surface area contributed by atoms with E-state index in [-0.39, 0.29) is 0 Å². The van der Waals surface area contributed by atoms with Gasteiger partial charge >= 0.3 is 0 Å². The minimum Gasteiger partial charge on any atom is -0.396 e. The van der Waals surface area contributed by atoms with E-state index in [1.807, 2.05) is 6.92 Å². The van der Waals surface area contributed by atoms with E-state index in [1.165, 1.54) is 6.42 Å². The van der Waals surface area contributed by atoms with Crippen molar-refractivity contribution in [1.29, 1.82) is 0 Å². The third-order valence-corrected chi connectivity index (χ3v) is 1.62. The molecule has 60 valence electrons. The Kier molecular flexibility index (Phi) is 6.61. The summed E-state index contributed by atoms with van der Waals surface area (Å²) in [5.74, 6) is 0.477. The number of rotatable bonds is 5. The molecule has 1 nitrogen and oxygen atoms in total. The van der Waals surface area contributed by atoms with E-state index in [4.69, 9.17) is 5.11 Å². The summed E-state index contributed by atoms with van der Waals surface area (Å²) >= 11 is 0. The first-order valence-electron chi connectivity index (χ1n) is 4.03. The molecule has 0 aromatic rings. The quantitative estimate of drug-likeness (QED) is 0.461. The Morgan fingerprint density at radius 3 is 2.70 bits per heavy atom. The van der Waals surface area contributed by atoms with Crippen LogP contribution in [0.25, 0.3) is 0 Å². The largest absolute Gasteiger partial charge is 0.396 e. The summed E-state index contributed by atoms with van der Waals surface area (Å²) in [7, 11) is 0. The van der Waals surface area contributed by atoms with Crippen LogP contribution in [0.3, 0.4) is 0 Å². The van der Waals surface area contributed by atoms with Gasteiger partial charge in [0.15, 0.2) is 0 Å². The van der Waals surface area contributed by atoms with Crippen LogP contribution in [0.1, 0.15) is 33.1 Å². The molecule has 1 unspecified atom stereocenters. The van der Waals surface area contributed by atoms with Gasteiger partial charge in [0.25, 0.3) is 0 Å². The van der Waals surface area contributed by atoms with Crippen molar-refractivity contribution in [1.82, 2.24) is 0 Å². The Balaban J connectivity index is 3.03. The van der Waals surface area contributed by atoms with Gasteiger partial charge in [-0.25, -0.2) is 0 Å². The van der Waals surface area contributed by atoms with Gasteiger partial charge < -0.3 is 5.11 Å². The van der Waals surface area contributed by atoms with Gasteiger partial charge in [-0.3, -0.25) is 0 Å². The van der Waals surface area contributed by atoms with Crippen LogP contribution in [-0.4, -0.2) is 11.7 Å². The molecule has 0 saturated carbocycles. The predicted octanol–water partition coefficient (Wildman–Crippen LogP) is 2.36. The first kappa shape index (κ1) is 9.70. The molecule has 0 fully saturated rings. The van der Waals surface area contributed by atoms with Crippen molar-refractivity contribution in [3.63, 3.8) is 0 Å². The van der Waals surface area contributed by atoms with E-state index in [2.05, 4.69) is 19.1 Å². The molecule has 1 N–H and O–H groups in total. The molecule has 1 heteroatoms. The zero-order valence-electron chi connectivity index (χ0n) is 7.01. The third-order valence-electron chi connectivity index (χ3n) is 1.62. The highest BCUT2D eigenvalue weighted by Crippen LogP contribution is 2.06. The zero-order chi connectivity index (χ0) is 7.82. The number of hydrogen-bond acceptors (Lipinski definition) is 1. The fraction of sp³-hybridized carbons (Fsp3) is 0.778. The highest BCUT2D eigenvalue weighted by Gasteiger charge is 1.96. The lowest BCUT2D eigenvalue weighted by molar-refractivity contribution is 0.228. The van der Waals surface area contributed by atoms with Crippen molar-refractivity contribution >= 4 is 0 Å². The maximum atomic E-state index is 8.67. The first-order valence-corrected chi connectivity index (χ1v) is 4.03. The lowest BCUT2D eigenvalue weighted by atomic mass is 10.1. The molecular weight excluding hydrogens is 124 g/mol. The van der Waals surface area contributed by atoms with Crippen LogP contribution < -0.4 is 0 Å². The molecule has 0 amide bonds. The number of unbranched alkanes of at least 4 members (excludes halogenated alkanes) is 1. The van der Waals surface area contributed by atoms with Crippen LogP contribution in [0.5, 0.6) is 0 Å². The smallest absolute Gasteiger partial charge is 0.0456 e. The normalized spacial score (nSPS) is 14.3. The first-order chi connectivity index (χ1) is 4.81. The van der Waals surface area contributed by atoms with Crippen molar-refractivity contribution < 1.29 is 5.11 Å². The minimum atomic E-state index is 0.329. The lowest BCUT2D eigenvalue weighted by Crippen LogP contribution is -1.99. The average molecular weight is 142 g/mol. The molecule has 0 rings (SSSR count). The Bertz CT molecular complexity index is 86.7. The van der Waals surface area contributed by atoms with Gasteiger partial charge in [0.2, 0.25) is 0 Å². The fourth-order valence-electron chi connectivity index (χ4n) is 0.842. The second-order valence-electron chi connectivity index (χ2n) is 2.79. The fourth-order valence-corrected chi connectivity index (χ4v) is 0.842. The zero-order valence-corrected chi connectivity index (χ0v) is 7.01. The van der Waals surface area contributed by atoms with Gasteiger partial charge in [-0.05, 0) is 32.1 Å². The van der Waals surface area contributed by atoms with Crippen LogP contribution in [0.4, 0.5) is 0 Å². The molecule has 0 aromatic carbocycles. The topological polar surface area (TPSA) is 20.2 Å². The maximum Gasteiger partial charge on any atom is 0.0456 e. The van der Waals surface area contributed by atoms with Crippen molar-refractivity contribution in [3.05, 3.63) is 12.2 Å². The van der Waals surface area contributed by atoms with Gasteiger partial charge in [0.1, 0.15) is 0 Å². The molecule has 0 saturated heterocycles. The Morgan fingerprint density at radius 1 is 1.50 bits per heavy atom. The van der Waals surface area contributed by atoms with Crippen molar-refractivity contribution in [2.24, 2.45) is 5.92 Å². The summed E-state index contributed by atoms with van der Waals surface area (Å²) in [6.45, 7) is 4.45. The summed E-state index contributed by atoms with van der Waals surface area (Å²) in [5, 5.41) is 8.67. The van der Waals surface area contributed by atoms with Gasteiger partial charge in [-0.1, -0.05) is 19.1 Å². The van der Waals surface area contributed by atoms with Crippen LogP contribution in [0.15, 0.2) is 12.2 Å². The third kappa shape index (κ3) is 5.83. The molecule has 0 spiro atoms. The number of hydrogen-bond donors (Lipinski definition) is 1. The number of aliphatic hydroxyl groups is 1. The highest BCUT2D eigenvalue weighted by molar-refractivity contribution is 4.76. The molecule has 0 heterocycles. The maximum absolute atomic E-state index is 8.67. The van der Waals surface area contributed by atoms with Crippen molar-refractivity contribution in [2.45, 2.75) is 33.1 Å². The summed E-state index contributed by atoms with van der Waals surface area (Å²) in [4.78, 5) is 0. The molecule has 0 aromatic heterocycles. The Labute approximate surface area is 63.8 Å². The van der Waals surface area contributed by atoms with Crippen molar-refractivity contribution in [3.8, 4) is 0 Å². The van der Waals surface area contributed by atoms with E-state index in [1.54, 1.807) is 0 Å². The van der Waals surface area contributed by atoms with Gasteiger partial charge in [0, 0.05) is 6.61 Å². The van der Waals surface area contributed by atoms with Gasteiger partial charge in [-0.2, -0.15) is 0 Å². The average Bonchev–Trinajstić information content (AvgIpc) is 1.98. The van der Waals surface area contributed by atoms with Gasteiger partial charge in [0.05, 0.1) is 0 Å². The molecule has 1 atom stereocenters. The molecular formula is C9H18O. The molecule has 0 aliphatic heterocycles.